The van der Waals surface area contributed by atoms with Crippen LogP contribution in [0.1, 0.15) is 129 Å². The molecule has 4 fully saturated rings. The Morgan fingerprint density at radius 2 is 1.60 bits per heavy atom. The number of ether oxygens (including phenoxy) is 4. The first-order chi connectivity index (χ1) is 28.7. The molecule has 0 bridgehead atoms. The van der Waals surface area contributed by atoms with Crippen LogP contribution in [0.2, 0.25) is 0 Å². The Morgan fingerprint density at radius 3 is 2.32 bits per heavy atom. The molecule has 1 saturated heterocycles. The number of esters is 1. The summed E-state index contributed by atoms with van der Waals surface area (Å²) < 4.78 is 23.3. The Kier molecular flexibility index (Phi) is 10.8. The third-order valence-electron chi connectivity index (χ3n) is 17.1. The van der Waals surface area contributed by atoms with Crippen molar-refractivity contribution in [3.05, 3.63) is 75.4 Å². The molecule has 10 rings (SSSR count). The summed E-state index contributed by atoms with van der Waals surface area (Å²) in [4.78, 5) is 52.9. The van der Waals surface area contributed by atoms with Gasteiger partial charge in [-0.3, -0.25) is 19.2 Å². The van der Waals surface area contributed by atoms with Gasteiger partial charge in [-0.25, -0.2) is 0 Å². The lowest BCUT2D eigenvalue weighted by Gasteiger charge is -2.55. The normalized spacial score (nSPS) is 36.1. The number of nitrogens with zero attached hydrogens (tertiary/aromatic N) is 1. The van der Waals surface area contributed by atoms with Gasteiger partial charge in [0, 0.05) is 76.2 Å². The van der Waals surface area contributed by atoms with Crippen molar-refractivity contribution in [1.29, 1.82) is 0 Å². The van der Waals surface area contributed by atoms with E-state index in [-0.39, 0.29) is 41.2 Å². The van der Waals surface area contributed by atoms with E-state index >= 15 is 0 Å². The number of hydrogen-bond donors (Lipinski definition) is 0. The molecule has 60 heavy (non-hydrogen) atoms. The van der Waals surface area contributed by atoms with Gasteiger partial charge in [0.2, 0.25) is 5.78 Å². The zero-order valence-electron chi connectivity index (χ0n) is 36.8. The number of methoxy groups -OCH3 is 1. The Labute approximate surface area is 356 Å². The second-order valence-corrected chi connectivity index (χ2v) is 20.2. The number of carbonyl (C=O) groups excluding carboxylic acids is 4. The number of allylic oxidation sites excluding steroid dienone is 7. The van der Waals surface area contributed by atoms with E-state index < -0.39 is 17.0 Å². The molecule has 1 spiro atoms. The van der Waals surface area contributed by atoms with Crippen LogP contribution in [0.3, 0.4) is 0 Å². The van der Waals surface area contributed by atoms with Crippen molar-refractivity contribution < 1.29 is 38.1 Å². The summed E-state index contributed by atoms with van der Waals surface area (Å²) in [6.45, 7) is 7.24. The van der Waals surface area contributed by atoms with E-state index in [0.29, 0.717) is 36.4 Å². The smallest absolute Gasteiger partial charge is 0.303 e. The maximum absolute atomic E-state index is 13.7. The molecule has 1 aromatic carbocycles. The zero-order valence-corrected chi connectivity index (χ0v) is 36.8. The average Bonchev–Trinajstić information content (AvgIpc) is 3.90. The fraction of sp³-hybridized carbons (Fsp3) is 0.647. The number of fused-ring (bicyclic) bond motifs is 8. The van der Waals surface area contributed by atoms with Crippen LogP contribution in [0.15, 0.2) is 69.9 Å². The predicted molar refractivity (Wildman–Crippen MR) is 229 cm³/mol. The molecule has 9 heteroatoms. The second kappa shape index (κ2) is 15.6. The van der Waals surface area contributed by atoms with Crippen LogP contribution in [0.5, 0.6) is 0 Å². The molecular weight excluding hydrogens is 755 g/mol. The van der Waals surface area contributed by atoms with Crippen LogP contribution in [0.4, 0.5) is 5.69 Å². The third-order valence-corrected chi connectivity index (χ3v) is 17.1. The van der Waals surface area contributed by atoms with Gasteiger partial charge in [-0.05, 0) is 140 Å². The maximum Gasteiger partial charge on any atom is 0.303 e. The molecule has 8 aliphatic carbocycles. The summed E-state index contributed by atoms with van der Waals surface area (Å²) in [7, 11) is 5.59. The van der Waals surface area contributed by atoms with Gasteiger partial charge in [-0.2, -0.15) is 0 Å². The lowest BCUT2D eigenvalue weighted by Crippen LogP contribution is -2.58. The lowest BCUT2D eigenvalue weighted by molar-refractivity contribution is -0.185. The minimum Gasteiger partial charge on any atom is -0.451 e. The van der Waals surface area contributed by atoms with E-state index in [1.54, 1.807) is 16.7 Å². The van der Waals surface area contributed by atoms with Gasteiger partial charge in [0.25, 0.3) is 0 Å². The van der Waals surface area contributed by atoms with Crippen LogP contribution in [-0.2, 0) is 38.1 Å². The van der Waals surface area contributed by atoms with Crippen molar-refractivity contribution in [2.75, 3.05) is 45.9 Å². The number of Topliss-reactive ketones (excluding diaryl/α,β-unsaturated/α-hetero) is 2. The topological polar surface area (TPSA) is 108 Å². The fourth-order valence-corrected chi connectivity index (χ4v) is 14.2. The van der Waals surface area contributed by atoms with Crippen molar-refractivity contribution in [2.24, 2.45) is 34.5 Å². The van der Waals surface area contributed by atoms with E-state index in [0.717, 1.165) is 89.5 Å². The summed E-state index contributed by atoms with van der Waals surface area (Å²) in [5.41, 5.74) is 9.40. The van der Waals surface area contributed by atoms with Gasteiger partial charge < -0.3 is 23.8 Å². The van der Waals surface area contributed by atoms with Crippen molar-refractivity contribution >= 4 is 29.0 Å². The number of rotatable bonds is 6. The van der Waals surface area contributed by atoms with Crippen LogP contribution in [0, 0.1) is 34.5 Å². The molecule has 1 aliphatic heterocycles. The summed E-state index contributed by atoms with van der Waals surface area (Å²) in [6.07, 6.45) is 17.9. The minimum atomic E-state index is -1.18. The largest absolute Gasteiger partial charge is 0.451 e. The highest BCUT2D eigenvalue weighted by Crippen LogP contribution is 2.68. The summed E-state index contributed by atoms with van der Waals surface area (Å²) >= 11 is 0. The monoisotopic (exact) mass is 819 g/mol. The lowest BCUT2D eigenvalue weighted by atomic mass is 9.50. The summed E-state index contributed by atoms with van der Waals surface area (Å²) in [6, 6.07) is 8.72. The highest BCUT2D eigenvalue weighted by molar-refractivity contribution is 5.93. The van der Waals surface area contributed by atoms with E-state index in [1.165, 1.54) is 49.2 Å². The van der Waals surface area contributed by atoms with Crippen LogP contribution in [-0.4, -0.2) is 75.7 Å². The first-order valence-corrected chi connectivity index (χ1v) is 22.9. The molecular formula is C51H65NO8. The van der Waals surface area contributed by atoms with E-state index in [9.17, 15) is 19.2 Å². The van der Waals surface area contributed by atoms with Crippen molar-refractivity contribution in [3.63, 3.8) is 0 Å². The quantitative estimate of drug-likeness (QED) is 0.260. The number of hydrogen-bond acceptors (Lipinski definition) is 9. The molecule has 0 radical (unpaired) electrons. The van der Waals surface area contributed by atoms with E-state index in [1.807, 2.05) is 20.2 Å². The predicted octanol–water partition coefficient (Wildman–Crippen LogP) is 9.11. The summed E-state index contributed by atoms with van der Waals surface area (Å²) in [5.74, 6) is 1.71. The second-order valence-electron chi connectivity index (χ2n) is 20.2. The minimum absolute atomic E-state index is 0.0641. The van der Waals surface area contributed by atoms with Crippen LogP contribution < -0.4 is 4.90 Å². The molecule has 0 aromatic heterocycles. The van der Waals surface area contributed by atoms with Crippen molar-refractivity contribution in [3.8, 4) is 0 Å². The highest BCUT2D eigenvalue weighted by atomic mass is 16.7. The van der Waals surface area contributed by atoms with Crippen molar-refractivity contribution in [1.82, 2.24) is 0 Å². The van der Waals surface area contributed by atoms with Crippen LogP contribution >= 0.6 is 0 Å². The van der Waals surface area contributed by atoms with E-state index in [4.69, 9.17) is 18.9 Å². The SMILES string of the molecule is COCC(=O)[C@@]1(OC(C)=O)CC[C@H]2[C@@H]3CCC4=CC(=O)CCC4=C3[C@@H](c3ccc(N(C)C)cc3)C[C@@]21C.C[C@]12CC=C3C4=C(CC[C@H]3[C@@H]1CCC2=O)CC1(CC4)OCCO1. The van der Waals surface area contributed by atoms with Gasteiger partial charge in [0.1, 0.15) is 12.4 Å². The Hall–Kier alpha value is -3.66. The third kappa shape index (κ3) is 6.66. The molecule has 0 N–H and O–H groups in total. The molecule has 322 valence electrons. The van der Waals surface area contributed by atoms with Gasteiger partial charge in [0.05, 0.1) is 13.2 Å². The number of carbonyl (C=O) groups is 4. The molecule has 1 heterocycles. The Balaban J connectivity index is 0.000000171. The number of benzene rings is 1. The van der Waals surface area contributed by atoms with Gasteiger partial charge >= 0.3 is 5.97 Å². The van der Waals surface area contributed by atoms with Gasteiger partial charge in [-0.15, -0.1) is 0 Å². The molecule has 9 nitrogen and oxygen atoms in total. The molecule has 1 aromatic rings. The van der Waals surface area contributed by atoms with Crippen LogP contribution in [0.25, 0.3) is 0 Å². The molecule has 9 aliphatic rings. The van der Waals surface area contributed by atoms with E-state index in [2.05, 4.69) is 49.1 Å². The van der Waals surface area contributed by atoms with Gasteiger partial charge in [-0.1, -0.05) is 43.2 Å². The first-order valence-electron chi connectivity index (χ1n) is 22.9. The molecule has 0 unspecified atom stereocenters. The van der Waals surface area contributed by atoms with Gasteiger partial charge in [0.15, 0.2) is 17.2 Å². The Bertz CT molecular complexity index is 2080. The Morgan fingerprint density at radius 1 is 0.850 bits per heavy atom. The highest BCUT2D eigenvalue weighted by Gasteiger charge is 2.68. The number of anilines is 1. The average molecular weight is 820 g/mol. The fourth-order valence-electron chi connectivity index (χ4n) is 14.2. The summed E-state index contributed by atoms with van der Waals surface area (Å²) in [5, 5.41) is 0. The molecule has 8 atom stereocenters. The first kappa shape index (κ1) is 41.7. The van der Waals surface area contributed by atoms with Crippen molar-refractivity contribution in [2.45, 2.75) is 134 Å². The maximum atomic E-state index is 13.7. The molecule has 3 saturated carbocycles. The standard InChI is InChI=1S/C31H39NO5.C20H26O3/c1-19(33)37-31(28(35)18-36-5)15-14-27-25-12-8-21-16-23(34)11-13-24(21)29(25)26(17-30(27,31)2)20-6-9-22(10-7-20)32(3)4;1-19-8-6-15-14-7-9-20(22-10-11-23-20)12-13(14)2-3-16(15)17(19)4-5-18(19)21/h6-7,9-10,16,25-27H,8,11-15,17-18H2,1-5H3;6,16-17H,2-5,7-12H2,1H3/t25-,26+,27-,30-,31-;16-,17+,19+/m01/s1. The number of ketones is 3. The molecule has 0 amide bonds. The zero-order chi connectivity index (χ0) is 42.2.